The average molecular weight is 206 g/mol. The van der Waals surface area contributed by atoms with Gasteiger partial charge in [-0.3, -0.25) is 5.73 Å². The van der Waals surface area contributed by atoms with Gasteiger partial charge < -0.3 is 22.4 Å². The maximum absolute atomic E-state index is 11.7. The summed E-state index contributed by atoms with van der Waals surface area (Å²) in [5.74, 6) is -0.241. The van der Waals surface area contributed by atoms with Gasteiger partial charge in [0.25, 0.3) is 0 Å². The molecule has 0 saturated heterocycles. The summed E-state index contributed by atoms with van der Waals surface area (Å²) in [6, 6.07) is 3.07. The number of nitrogens with two attached hydrogens (primary N) is 4. The Bertz CT molecular complexity index is 553. The van der Waals surface area contributed by atoms with E-state index in [0.717, 1.165) is 0 Å². The van der Waals surface area contributed by atoms with Gasteiger partial charge in [-0.25, -0.2) is 9.71 Å². The topological polar surface area (TPSA) is 144 Å². The average Bonchev–Trinajstić information content (AvgIpc) is 2.20. The standard InChI is InChI=1S/C8H10N6O/c9-3-1-2-4(10)6-5(3)13-7(11)8(12)14(6)15/h1-2H,9-10,12H2,(H2,11,13). The molecule has 0 amide bonds. The van der Waals surface area contributed by atoms with E-state index in [1.54, 1.807) is 6.07 Å². The molecule has 0 aliphatic heterocycles. The fraction of sp³-hybridized carbons (Fsp3) is 0. The van der Waals surface area contributed by atoms with Gasteiger partial charge in [-0.05, 0) is 12.1 Å². The fourth-order valence-electron chi connectivity index (χ4n) is 1.34. The first-order valence-electron chi connectivity index (χ1n) is 4.14. The van der Waals surface area contributed by atoms with E-state index in [4.69, 9.17) is 22.9 Å². The molecule has 1 aromatic carbocycles. The summed E-state index contributed by atoms with van der Waals surface area (Å²) in [5.41, 5.74) is 23.2. The Morgan fingerprint density at radius 3 is 2.33 bits per heavy atom. The monoisotopic (exact) mass is 206 g/mol. The SMILES string of the molecule is Nc1nc2c(N)ccc(N)c2[n+]([O-])c1N. The van der Waals surface area contributed by atoms with Crippen molar-refractivity contribution in [3.8, 4) is 0 Å². The molecule has 78 valence electrons. The zero-order chi connectivity index (χ0) is 11.2. The van der Waals surface area contributed by atoms with Gasteiger partial charge >= 0.3 is 5.82 Å². The van der Waals surface area contributed by atoms with Crippen LogP contribution in [0.25, 0.3) is 11.0 Å². The highest BCUT2D eigenvalue weighted by Gasteiger charge is 2.15. The summed E-state index contributed by atoms with van der Waals surface area (Å²) in [6.45, 7) is 0. The number of fused-ring (bicyclic) bond motifs is 1. The van der Waals surface area contributed by atoms with Crippen LogP contribution in [0, 0.1) is 5.21 Å². The molecule has 2 rings (SSSR count). The van der Waals surface area contributed by atoms with Gasteiger partial charge in [-0.1, -0.05) is 0 Å². The van der Waals surface area contributed by atoms with Gasteiger partial charge in [0.15, 0.2) is 5.52 Å². The number of rotatable bonds is 0. The van der Waals surface area contributed by atoms with Crippen molar-refractivity contribution in [2.75, 3.05) is 22.9 Å². The minimum absolute atomic E-state index is 0.0604. The number of hydrogen-bond acceptors (Lipinski definition) is 6. The van der Waals surface area contributed by atoms with Gasteiger partial charge in [0.05, 0.1) is 11.4 Å². The second-order valence-corrected chi connectivity index (χ2v) is 3.12. The molecule has 1 aromatic heterocycles. The van der Waals surface area contributed by atoms with E-state index in [1.165, 1.54) is 6.07 Å². The highest BCUT2D eigenvalue weighted by atomic mass is 16.5. The molecular formula is C8H10N6O. The molecule has 0 fully saturated rings. The van der Waals surface area contributed by atoms with E-state index in [-0.39, 0.29) is 28.4 Å². The first-order valence-corrected chi connectivity index (χ1v) is 4.14. The first-order chi connectivity index (χ1) is 7.02. The van der Waals surface area contributed by atoms with Gasteiger partial charge in [0.1, 0.15) is 5.52 Å². The second-order valence-electron chi connectivity index (χ2n) is 3.12. The zero-order valence-corrected chi connectivity index (χ0v) is 7.77. The van der Waals surface area contributed by atoms with Gasteiger partial charge in [-0.15, -0.1) is 0 Å². The van der Waals surface area contributed by atoms with E-state index in [2.05, 4.69) is 4.98 Å². The Labute approximate surface area is 84.9 Å². The fourth-order valence-corrected chi connectivity index (χ4v) is 1.34. The largest absolute Gasteiger partial charge is 0.710 e. The molecule has 0 atom stereocenters. The van der Waals surface area contributed by atoms with E-state index in [0.29, 0.717) is 10.4 Å². The maximum Gasteiger partial charge on any atom is 0.319 e. The predicted octanol–water partition coefficient (Wildman–Crippen LogP) is -0.803. The molecule has 8 N–H and O–H groups in total. The van der Waals surface area contributed by atoms with Crippen LogP contribution >= 0.6 is 0 Å². The Kier molecular flexibility index (Phi) is 1.69. The summed E-state index contributed by atoms with van der Waals surface area (Å²) in [5, 5.41) is 11.7. The number of aromatic nitrogens is 2. The van der Waals surface area contributed by atoms with Gasteiger partial charge in [0.2, 0.25) is 5.82 Å². The van der Waals surface area contributed by atoms with Crippen molar-refractivity contribution in [2.45, 2.75) is 0 Å². The molecule has 0 saturated carbocycles. The number of anilines is 4. The third-order valence-electron chi connectivity index (χ3n) is 2.13. The summed E-state index contributed by atoms with van der Waals surface area (Å²) < 4.78 is 0.434. The Morgan fingerprint density at radius 2 is 1.67 bits per heavy atom. The quantitative estimate of drug-likeness (QED) is 0.252. The van der Waals surface area contributed by atoms with Gasteiger partial charge in [0, 0.05) is 0 Å². The second kappa shape index (κ2) is 2.77. The lowest BCUT2D eigenvalue weighted by molar-refractivity contribution is -0.560. The van der Waals surface area contributed by atoms with Crippen LogP contribution in [-0.2, 0) is 0 Å². The van der Waals surface area contributed by atoms with Crippen molar-refractivity contribution in [1.29, 1.82) is 0 Å². The van der Waals surface area contributed by atoms with Crippen LogP contribution < -0.4 is 27.7 Å². The molecular weight excluding hydrogens is 196 g/mol. The third kappa shape index (κ3) is 1.13. The maximum atomic E-state index is 11.7. The Hall–Kier alpha value is -2.44. The van der Waals surface area contributed by atoms with Crippen LogP contribution in [0.3, 0.4) is 0 Å². The molecule has 0 bridgehead atoms. The van der Waals surface area contributed by atoms with Crippen LogP contribution in [0.2, 0.25) is 0 Å². The number of nitrogen functional groups attached to an aromatic ring is 4. The molecule has 0 aliphatic carbocycles. The molecule has 7 heteroatoms. The molecule has 0 spiro atoms. The summed E-state index contributed by atoms with van der Waals surface area (Å²) in [7, 11) is 0. The normalized spacial score (nSPS) is 10.7. The van der Waals surface area contributed by atoms with E-state index >= 15 is 0 Å². The zero-order valence-electron chi connectivity index (χ0n) is 7.77. The van der Waals surface area contributed by atoms with Crippen LogP contribution in [-0.4, -0.2) is 4.98 Å². The third-order valence-corrected chi connectivity index (χ3v) is 2.13. The van der Waals surface area contributed by atoms with Crippen molar-refractivity contribution >= 4 is 34.0 Å². The molecule has 0 unspecified atom stereocenters. The summed E-state index contributed by atoms with van der Waals surface area (Å²) in [4.78, 5) is 3.92. The van der Waals surface area contributed by atoms with E-state index in [9.17, 15) is 5.21 Å². The Morgan fingerprint density at radius 1 is 1.07 bits per heavy atom. The summed E-state index contributed by atoms with van der Waals surface area (Å²) in [6.07, 6.45) is 0. The minimum atomic E-state index is -0.181. The van der Waals surface area contributed by atoms with Crippen LogP contribution in [0.5, 0.6) is 0 Å². The highest BCUT2D eigenvalue weighted by molar-refractivity contribution is 5.93. The van der Waals surface area contributed by atoms with E-state index < -0.39 is 0 Å². The lowest BCUT2D eigenvalue weighted by Crippen LogP contribution is -2.34. The molecule has 0 radical (unpaired) electrons. The first kappa shape index (κ1) is 9.13. The van der Waals surface area contributed by atoms with Crippen LogP contribution in [0.1, 0.15) is 0 Å². The van der Waals surface area contributed by atoms with Crippen molar-refractivity contribution in [3.63, 3.8) is 0 Å². The predicted molar refractivity (Wildman–Crippen MR) is 58.4 cm³/mol. The number of nitrogens with zero attached hydrogens (tertiary/aromatic N) is 2. The van der Waals surface area contributed by atoms with Crippen molar-refractivity contribution in [1.82, 2.24) is 4.98 Å². The Balaban J connectivity index is 3.04. The lowest BCUT2D eigenvalue weighted by Gasteiger charge is -2.12. The smallest absolute Gasteiger partial charge is 0.319 e. The van der Waals surface area contributed by atoms with Crippen molar-refractivity contribution < 1.29 is 4.73 Å². The molecule has 0 aliphatic rings. The van der Waals surface area contributed by atoms with Crippen molar-refractivity contribution in [2.24, 2.45) is 0 Å². The number of benzene rings is 1. The van der Waals surface area contributed by atoms with Gasteiger partial charge in [-0.2, -0.15) is 0 Å². The summed E-state index contributed by atoms with van der Waals surface area (Å²) >= 11 is 0. The van der Waals surface area contributed by atoms with Crippen LogP contribution in [0.4, 0.5) is 23.0 Å². The lowest BCUT2D eigenvalue weighted by atomic mass is 10.2. The van der Waals surface area contributed by atoms with Crippen LogP contribution in [0.15, 0.2) is 12.1 Å². The minimum Gasteiger partial charge on any atom is -0.710 e. The molecule has 1 heterocycles. The molecule has 2 aromatic rings. The molecule has 15 heavy (non-hydrogen) atoms. The molecule has 7 nitrogen and oxygen atoms in total. The van der Waals surface area contributed by atoms with Crippen molar-refractivity contribution in [3.05, 3.63) is 17.3 Å². The highest BCUT2D eigenvalue weighted by Crippen LogP contribution is 2.24. The van der Waals surface area contributed by atoms with E-state index in [1.807, 2.05) is 0 Å². The number of hydrogen-bond donors (Lipinski definition) is 4.